The number of allylic oxidation sites excluding steroid dienone is 3. The maximum Gasteiger partial charge on any atom is 1.00 e. The topological polar surface area (TPSA) is 349 Å². The minimum absolute atomic E-state index is 0. The van der Waals surface area contributed by atoms with E-state index in [1.54, 1.807) is 13.0 Å². The Balaban J connectivity index is 0.00000780. The number of carboxylic acids is 1. The maximum atomic E-state index is 13.3. The molecule has 0 bridgehead atoms. The standard InChI is InChI=1S/C48H74O23S.Na/c1-20(2)30-24(50)17-47(7)23-9-10-28-45(4,5)29(12-14-46(28,6)22(23)11-15-48(30,47)44(57)58)67-43-39(32(52)27(19-64-43)71-72(59,60)61)70-41-35(55)34(54)37(21(3)65-41)68-42-36(56)38(31(51)26(18-49)66-42)69-40-33(53)25(62-8)13-16-63-40;/h9,11,15,21-22,24-43,49-56H,1,10,12-14,16-19H2,2-8H3,(H,57,58)(H,59,60,61);/q;+1/p-1/t21-,22+,24?,25+,26-,27-,28?,29?,30+,31-,32+,33-,34-,35-,36-,37-,38+,39-,40?,41?,42+,43?,46-,47?,48-;/m1./s1. The van der Waals surface area contributed by atoms with Gasteiger partial charge in [0.25, 0.3) is 0 Å². The third-order valence-electron chi connectivity index (χ3n) is 17.6. The number of hydrogen-bond acceptors (Lipinski definition) is 22. The molecule has 0 spiro atoms. The molecule has 6 fully saturated rings. The van der Waals surface area contributed by atoms with Crippen molar-refractivity contribution in [2.45, 2.75) is 190 Å². The number of aliphatic hydroxyl groups is 8. The summed E-state index contributed by atoms with van der Waals surface area (Å²) in [6.07, 6.45) is -20.6. The number of fused-ring (bicyclic) bond motifs is 5. The summed E-state index contributed by atoms with van der Waals surface area (Å²) in [6.45, 7) is 14.1. The zero-order chi connectivity index (χ0) is 52.8. The van der Waals surface area contributed by atoms with Crippen LogP contribution in [0.2, 0.25) is 0 Å². The Hall–Kier alpha value is -1.12. The van der Waals surface area contributed by atoms with Crippen LogP contribution < -0.4 is 29.6 Å². The van der Waals surface area contributed by atoms with Gasteiger partial charge in [-0.1, -0.05) is 63.6 Å². The molecule has 8 aliphatic rings. The molecule has 23 nitrogen and oxygen atoms in total. The van der Waals surface area contributed by atoms with Crippen LogP contribution in [0.4, 0.5) is 0 Å². The van der Waals surface area contributed by atoms with Gasteiger partial charge in [-0.05, 0) is 62.7 Å². The Bertz CT molecular complexity index is 2170. The van der Waals surface area contributed by atoms with Gasteiger partial charge < -0.3 is 93.1 Å². The fourth-order valence-corrected chi connectivity index (χ4v) is 14.4. The Labute approximate surface area is 446 Å². The first kappa shape index (κ1) is 59.5. The first-order chi connectivity index (χ1) is 33.7. The third kappa shape index (κ3) is 10.4. The number of carboxylic acid groups (broad SMARTS) is 1. The number of methoxy groups -OCH3 is 1. The van der Waals surface area contributed by atoms with Crippen LogP contribution >= 0.6 is 0 Å². The van der Waals surface area contributed by atoms with Crippen LogP contribution in [-0.2, 0) is 62.0 Å². The average molecular weight is 1070 g/mol. The summed E-state index contributed by atoms with van der Waals surface area (Å²) in [7, 11) is -4.02. The maximum absolute atomic E-state index is 13.3. The van der Waals surface area contributed by atoms with E-state index in [1.807, 2.05) is 26.8 Å². The molecule has 2 saturated carbocycles. The van der Waals surface area contributed by atoms with Crippen molar-refractivity contribution in [3.63, 3.8) is 0 Å². The normalized spacial score (nSPS) is 49.6. The quantitative estimate of drug-likeness (QED) is 0.0348. The van der Waals surface area contributed by atoms with E-state index in [0.717, 1.165) is 5.57 Å². The molecule has 8 rings (SSSR count). The zero-order valence-corrected chi connectivity index (χ0v) is 45.3. The molecular weight excluding hydrogens is 1000 g/mol. The molecule has 4 aliphatic carbocycles. The molecule has 410 valence electrons. The van der Waals surface area contributed by atoms with Gasteiger partial charge >= 0.3 is 35.5 Å². The number of ether oxygens (including phenoxy) is 9. The van der Waals surface area contributed by atoms with Gasteiger partial charge in [0.1, 0.15) is 72.6 Å². The third-order valence-corrected chi connectivity index (χ3v) is 18.1. The van der Waals surface area contributed by atoms with Crippen LogP contribution in [0.25, 0.3) is 0 Å². The molecule has 0 radical (unpaired) electrons. The van der Waals surface area contributed by atoms with E-state index in [9.17, 15) is 63.7 Å². The molecule has 4 saturated heterocycles. The second-order valence-corrected chi connectivity index (χ2v) is 23.1. The molecule has 0 aromatic heterocycles. The predicted molar refractivity (Wildman–Crippen MR) is 242 cm³/mol. The van der Waals surface area contributed by atoms with Gasteiger partial charge in [0, 0.05) is 24.4 Å². The van der Waals surface area contributed by atoms with Crippen molar-refractivity contribution < 1.29 is 140 Å². The number of aliphatic carboxylic acids is 1. The number of rotatable bonds is 14. The van der Waals surface area contributed by atoms with Crippen LogP contribution in [0, 0.1) is 39.4 Å². The van der Waals surface area contributed by atoms with Gasteiger partial charge in [0.15, 0.2) is 25.2 Å². The first-order valence-corrected chi connectivity index (χ1v) is 26.0. The first-order valence-electron chi connectivity index (χ1n) is 24.7. The van der Waals surface area contributed by atoms with Crippen molar-refractivity contribution in [3.8, 4) is 0 Å². The van der Waals surface area contributed by atoms with E-state index in [1.165, 1.54) is 14.0 Å². The van der Waals surface area contributed by atoms with Crippen molar-refractivity contribution in [2.75, 3.05) is 26.9 Å². The summed E-state index contributed by atoms with van der Waals surface area (Å²) in [5, 5.41) is 100. The second-order valence-electron chi connectivity index (χ2n) is 22.1. The van der Waals surface area contributed by atoms with Crippen molar-refractivity contribution in [1.29, 1.82) is 0 Å². The van der Waals surface area contributed by atoms with Crippen LogP contribution in [0.15, 0.2) is 36.0 Å². The molecule has 73 heavy (non-hydrogen) atoms. The summed E-state index contributed by atoms with van der Waals surface area (Å²) in [5.41, 5.74) is -1.85. The molecular formula is C48H73NaO23S. The summed E-state index contributed by atoms with van der Waals surface area (Å²) in [6, 6.07) is 0. The van der Waals surface area contributed by atoms with Crippen LogP contribution in [0.3, 0.4) is 0 Å². The SMILES string of the molecule is C=C(C)[C@H]1C(O)CC2(C)C3=CCC4C(C)(C)C(OC5OC[C@@H](OS(=O)(=O)[O-])[C@H](O)[C@H]5OC5O[C@H](C)[C@@H](O[C@@H]6O[C@H](CO)[C@@H](O)[C@H](OC7OCC[C@H](OC)[C@H]7O)[C@H]6O)[C@H](O)[C@H]5O)CC[C@]4(C)[C@H]3C=C[C@]12C(=O)O.[Na+]. The monoisotopic (exact) mass is 1070 g/mol. The van der Waals surface area contributed by atoms with Gasteiger partial charge in [0.2, 0.25) is 10.4 Å². The summed E-state index contributed by atoms with van der Waals surface area (Å²) in [5.74, 6) is -1.99. The minimum Gasteiger partial charge on any atom is -0.726 e. The summed E-state index contributed by atoms with van der Waals surface area (Å²) in [4.78, 5) is 13.3. The summed E-state index contributed by atoms with van der Waals surface area (Å²) >= 11 is 0. The fourth-order valence-electron chi connectivity index (χ4n) is 13.9. The molecule has 4 heterocycles. The second kappa shape index (κ2) is 22.2. The van der Waals surface area contributed by atoms with Gasteiger partial charge in [-0.2, -0.15) is 0 Å². The Morgan fingerprint density at radius 3 is 2.12 bits per heavy atom. The number of aliphatic hydroxyl groups excluding tert-OH is 8. The molecule has 9 N–H and O–H groups in total. The van der Waals surface area contributed by atoms with Crippen LogP contribution in [-0.4, -0.2) is 209 Å². The zero-order valence-electron chi connectivity index (χ0n) is 42.4. The summed E-state index contributed by atoms with van der Waals surface area (Å²) < 4.78 is 93.1. The van der Waals surface area contributed by atoms with E-state index >= 15 is 0 Å². The molecule has 0 amide bonds. The molecule has 7 unspecified atom stereocenters. The fraction of sp³-hybridized carbons (Fsp3) is 0.854. The Morgan fingerprint density at radius 2 is 1.49 bits per heavy atom. The van der Waals surface area contributed by atoms with E-state index in [-0.39, 0.29) is 54.4 Å². The molecule has 25 atom stereocenters. The molecule has 0 aromatic carbocycles. The van der Waals surface area contributed by atoms with E-state index in [4.69, 9.17) is 42.6 Å². The van der Waals surface area contributed by atoms with Crippen LogP contribution in [0.1, 0.15) is 73.6 Å². The minimum atomic E-state index is -5.40. The Morgan fingerprint density at radius 1 is 0.836 bits per heavy atom. The van der Waals surface area contributed by atoms with Gasteiger partial charge in [0.05, 0.1) is 44.2 Å². The molecule has 0 aromatic rings. The smallest absolute Gasteiger partial charge is 0.726 e. The molecule has 25 heteroatoms. The predicted octanol–water partition coefficient (Wildman–Crippen LogP) is -3.89. The largest absolute Gasteiger partial charge is 1.00 e. The van der Waals surface area contributed by atoms with E-state index in [2.05, 4.69) is 23.8 Å². The van der Waals surface area contributed by atoms with E-state index in [0.29, 0.717) is 31.3 Å². The van der Waals surface area contributed by atoms with Crippen molar-refractivity contribution >= 4 is 16.4 Å². The Kier molecular flexibility index (Phi) is 18.1. The van der Waals surface area contributed by atoms with E-state index < -0.39 is 174 Å². The van der Waals surface area contributed by atoms with Gasteiger partial charge in [-0.25, -0.2) is 8.42 Å². The van der Waals surface area contributed by atoms with Crippen molar-refractivity contribution in [1.82, 2.24) is 0 Å². The van der Waals surface area contributed by atoms with Gasteiger partial charge in [-0.3, -0.25) is 8.98 Å². The van der Waals surface area contributed by atoms with Crippen molar-refractivity contribution in [3.05, 3.63) is 36.0 Å². The average Bonchev–Trinajstić information content (AvgIpc) is 3.56. The molecule has 4 aliphatic heterocycles. The van der Waals surface area contributed by atoms with Crippen LogP contribution in [0.5, 0.6) is 0 Å². The number of hydrogen-bond donors (Lipinski definition) is 9. The van der Waals surface area contributed by atoms with Gasteiger partial charge in [-0.15, -0.1) is 0 Å². The van der Waals surface area contributed by atoms with Crippen molar-refractivity contribution in [2.24, 2.45) is 39.4 Å². The number of carbonyl (C=O) groups is 1.